The highest BCUT2D eigenvalue weighted by Crippen LogP contribution is 2.38. The van der Waals surface area contributed by atoms with E-state index in [9.17, 15) is 19.2 Å². The number of benzene rings is 2. The molecule has 0 unspecified atom stereocenters. The molecule has 0 aliphatic rings. The van der Waals surface area contributed by atoms with Crippen LogP contribution in [0, 0.1) is 5.41 Å². The zero-order valence-corrected chi connectivity index (χ0v) is 33.4. The Kier molecular flexibility index (Phi) is 13.2. The van der Waals surface area contributed by atoms with E-state index in [0.29, 0.717) is 58.9 Å². The second-order valence-electron chi connectivity index (χ2n) is 15.8. The van der Waals surface area contributed by atoms with E-state index in [2.05, 4.69) is 20.9 Å². The van der Waals surface area contributed by atoms with Crippen LogP contribution in [-0.4, -0.2) is 46.5 Å². The number of amides is 3. The minimum atomic E-state index is -0.669. The number of pyridine rings is 2. The van der Waals surface area contributed by atoms with Gasteiger partial charge in [0.2, 0.25) is 0 Å². The van der Waals surface area contributed by atoms with Crippen LogP contribution in [0.5, 0.6) is 5.75 Å². The summed E-state index contributed by atoms with van der Waals surface area (Å²) in [4.78, 5) is 57.6. The summed E-state index contributed by atoms with van der Waals surface area (Å²) in [6.07, 6.45) is 1.55. The number of anilines is 3. The third kappa shape index (κ3) is 10.4. The molecule has 0 saturated carbocycles. The third-order valence-electron chi connectivity index (χ3n) is 8.43. The first kappa shape index (κ1) is 41.4. The first-order chi connectivity index (χ1) is 25.3. The van der Waals surface area contributed by atoms with Gasteiger partial charge in [-0.2, -0.15) is 0 Å². The number of aromatic nitrogens is 2. The maximum absolute atomic E-state index is 14.2. The number of nitrogens with one attached hydrogen (secondary N) is 3. The first-order valence-corrected chi connectivity index (χ1v) is 18.5. The quantitative estimate of drug-likeness (QED) is 0.0960. The fourth-order valence-electron chi connectivity index (χ4n) is 5.86. The standard InChI is InChI=1S/C42H55N5O7/c1-12-47-36-30(18-14-19-43-36)33(27-16-13-17-29(22-27)52-20-15-21-53-38(49)41(6,7)8)35(37(47)48)46-39(50)45-34-31(25(2)3)23-28(24-32(34)26(4)5)44-40(51)54-42(9,10)11/h13-14,16-19,22-26H,12,15,20-21H2,1-11H3,(H,44,51)(H2,45,46,50). The fourth-order valence-corrected chi connectivity index (χ4v) is 5.86. The molecule has 3 amide bonds. The lowest BCUT2D eigenvalue weighted by Gasteiger charge is -2.24. The Balaban J connectivity index is 1.71. The van der Waals surface area contributed by atoms with Gasteiger partial charge in [0.1, 0.15) is 22.7 Å². The summed E-state index contributed by atoms with van der Waals surface area (Å²) < 4.78 is 18.4. The molecule has 0 aliphatic heterocycles. The number of rotatable bonds is 12. The van der Waals surface area contributed by atoms with Crippen LogP contribution in [0.25, 0.3) is 22.2 Å². The van der Waals surface area contributed by atoms with E-state index in [-0.39, 0.29) is 30.1 Å². The average molecular weight is 742 g/mol. The molecule has 2 aromatic heterocycles. The lowest BCUT2D eigenvalue weighted by Crippen LogP contribution is -2.30. The molecule has 4 rings (SSSR count). The van der Waals surface area contributed by atoms with Crippen LogP contribution < -0.4 is 26.2 Å². The van der Waals surface area contributed by atoms with E-state index in [1.165, 1.54) is 4.57 Å². The van der Waals surface area contributed by atoms with Gasteiger partial charge in [-0.05, 0) is 113 Å². The summed E-state index contributed by atoms with van der Waals surface area (Å²) in [7, 11) is 0. The maximum atomic E-state index is 14.2. The highest BCUT2D eigenvalue weighted by molar-refractivity contribution is 6.08. The van der Waals surface area contributed by atoms with Crippen LogP contribution in [-0.2, 0) is 20.8 Å². The highest BCUT2D eigenvalue weighted by Gasteiger charge is 2.25. The summed E-state index contributed by atoms with van der Waals surface area (Å²) in [6.45, 7) is 21.5. The Morgan fingerprint density at radius 2 is 1.48 bits per heavy atom. The second-order valence-corrected chi connectivity index (χ2v) is 15.8. The van der Waals surface area contributed by atoms with Crippen LogP contribution in [0.4, 0.5) is 26.7 Å². The predicted molar refractivity (Wildman–Crippen MR) is 215 cm³/mol. The average Bonchev–Trinajstić information content (AvgIpc) is 3.07. The van der Waals surface area contributed by atoms with Crippen LogP contribution in [0.15, 0.2) is 59.5 Å². The number of hydrogen-bond acceptors (Lipinski definition) is 8. The van der Waals surface area contributed by atoms with Crippen molar-refractivity contribution in [3.8, 4) is 16.9 Å². The largest absolute Gasteiger partial charge is 0.493 e. The number of aryl methyl sites for hydroxylation is 1. The molecule has 2 aromatic carbocycles. The zero-order valence-electron chi connectivity index (χ0n) is 33.4. The molecular formula is C42H55N5O7. The van der Waals surface area contributed by atoms with Crippen molar-refractivity contribution in [2.45, 2.75) is 107 Å². The van der Waals surface area contributed by atoms with Crippen molar-refractivity contribution in [3.05, 3.63) is 76.2 Å². The molecule has 290 valence electrons. The van der Waals surface area contributed by atoms with Crippen molar-refractivity contribution in [1.29, 1.82) is 0 Å². The van der Waals surface area contributed by atoms with Crippen LogP contribution >= 0.6 is 0 Å². The van der Waals surface area contributed by atoms with Crippen LogP contribution in [0.1, 0.15) is 106 Å². The van der Waals surface area contributed by atoms with Gasteiger partial charge in [0.25, 0.3) is 5.56 Å². The maximum Gasteiger partial charge on any atom is 0.412 e. The molecule has 0 spiro atoms. The molecule has 12 nitrogen and oxygen atoms in total. The lowest BCUT2D eigenvalue weighted by atomic mass is 9.91. The molecular weight excluding hydrogens is 686 g/mol. The van der Waals surface area contributed by atoms with E-state index >= 15 is 0 Å². The summed E-state index contributed by atoms with van der Waals surface area (Å²) in [5.41, 5.74) is 2.78. The topological polar surface area (TPSA) is 150 Å². The SMILES string of the molecule is CCn1c(=O)c(NC(=O)Nc2c(C(C)C)cc(NC(=O)OC(C)(C)C)cc2C(C)C)c(-c2cccc(OCCCOC(=O)C(C)(C)C)c2)c2cccnc21. The molecule has 12 heteroatoms. The molecule has 3 N–H and O–H groups in total. The highest BCUT2D eigenvalue weighted by atomic mass is 16.6. The van der Waals surface area contributed by atoms with Gasteiger partial charge in [0.05, 0.1) is 18.6 Å². The Morgan fingerprint density at radius 1 is 0.833 bits per heavy atom. The lowest BCUT2D eigenvalue weighted by molar-refractivity contribution is -0.153. The van der Waals surface area contributed by atoms with Gasteiger partial charge in [-0.1, -0.05) is 39.8 Å². The summed E-state index contributed by atoms with van der Waals surface area (Å²) in [5.74, 6) is 0.200. The summed E-state index contributed by atoms with van der Waals surface area (Å²) in [6, 6.07) is 14.0. The fraction of sp³-hybridized carbons (Fsp3) is 0.452. The van der Waals surface area contributed by atoms with Gasteiger partial charge in [-0.15, -0.1) is 0 Å². The molecule has 0 bridgehead atoms. The number of esters is 1. The van der Waals surface area contributed by atoms with Crippen molar-refractivity contribution in [3.63, 3.8) is 0 Å². The Labute approximate surface area is 318 Å². The Morgan fingerprint density at radius 3 is 2.07 bits per heavy atom. The Bertz CT molecular complexity index is 2030. The number of carbonyl (C=O) groups is 3. The molecule has 0 fully saturated rings. The summed E-state index contributed by atoms with van der Waals surface area (Å²) in [5, 5.41) is 9.47. The molecule has 0 atom stereocenters. The number of hydrogen-bond donors (Lipinski definition) is 3. The number of nitrogens with zero attached hydrogens (tertiary/aromatic N) is 2. The minimum absolute atomic E-state index is 0.0360. The molecule has 2 heterocycles. The number of fused-ring (bicyclic) bond motifs is 1. The van der Waals surface area contributed by atoms with E-state index in [1.54, 1.807) is 59.9 Å². The van der Waals surface area contributed by atoms with Gasteiger partial charge in [-0.3, -0.25) is 19.5 Å². The van der Waals surface area contributed by atoms with Crippen molar-refractivity contribution in [2.24, 2.45) is 5.41 Å². The predicted octanol–water partition coefficient (Wildman–Crippen LogP) is 9.68. The van der Waals surface area contributed by atoms with Crippen molar-refractivity contribution < 1.29 is 28.6 Å². The van der Waals surface area contributed by atoms with Gasteiger partial charge in [0.15, 0.2) is 0 Å². The number of urea groups is 1. The van der Waals surface area contributed by atoms with Crippen LogP contribution in [0.2, 0.25) is 0 Å². The number of carbonyl (C=O) groups excluding carboxylic acids is 3. The normalized spacial score (nSPS) is 11.8. The Hall–Kier alpha value is -5.39. The molecule has 0 radical (unpaired) electrons. The van der Waals surface area contributed by atoms with E-state index < -0.39 is 28.7 Å². The van der Waals surface area contributed by atoms with Gasteiger partial charge in [0, 0.05) is 41.5 Å². The van der Waals surface area contributed by atoms with E-state index in [1.807, 2.05) is 71.0 Å². The van der Waals surface area contributed by atoms with Crippen molar-refractivity contribution in [2.75, 3.05) is 29.2 Å². The third-order valence-corrected chi connectivity index (χ3v) is 8.43. The van der Waals surface area contributed by atoms with Gasteiger partial charge >= 0.3 is 18.1 Å². The monoisotopic (exact) mass is 741 g/mol. The van der Waals surface area contributed by atoms with E-state index in [0.717, 1.165) is 11.1 Å². The van der Waals surface area contributed by atoms with E-state index in [4.69, 9.17) is 14.2 Å². The minimum Gasteiger partial charge on any atom is -0.493 e. The molecule has 4 aromatic rings. The van der Waals surface area contributed by atoms with Crippen molar-refractivity contribution in [1.82, 2.24) is 9.55 Å². The van der Waals surface area contributed by atoms with Crippen molar-refractivity contribution >= 4 is 46.2 Å². The molecule has 54 heavy (non-hydrogen) atoms. The van der Waals surface area contributed by atoms with Gasteiger partial charge in [-0.25, -0.2) is 14.6 Å². The van der Waals surface area contributed by atoms with Crippen LogP contribution in [0.3, 0.4) is 0 Å². The number of ether oxygens (including phenoxy) is 3. The molecule has 0 aliphatic carbocycles. The first-order valence-electron chi connectivity index (χ1n) is 18.5. The molecule has 0 saturated heterocycles. The second kappa shape index (κ2) is 17.2. The van der Waals surface area contributed by atoms with Gasteiger partial charge < -0.3 is 24.8 Å². The smallest absolute Gasteiger partial charge is 0.412 e. The summed E-state index contributed by atoms with van der Waals surface area (Å²) >= 11 is 0. The zero-order chi connectivity index (χ0) is 40.0.